The maximum Gasteiger partial charge on any atom is 0.315 e. The van der Waals surface area contributed by atoms with Gasteiger partial charge < -0.3 is 9.47 Å². The number of methoxy groups -OCH3 is 1. The minimum absolute atomic E-state index is 0.180. The molecule has 1 aromatic carbocycles. The van der Waals surface area contributed by atoms with E-state index < -0.39 is 0 Å². The highest BCUT2D eigenvalue weighted by molar-refractivity contribution is 5.82. The fourth-order valence-electron chi connectivity index (χ4n) is 1.79. The first-order valence-corrected chi connectivity index (χ1v) is 5.03. The predicted molar refractivity (Wildman–Crippen MR) is 56.4 cm³/mol. The van der Waals surface area contributed by atoms with Crippen LogP contribution in [-0.4, -0.2) is 13.1 Å². The standard InChI is InChI=1S/C12H14O3/c1-7(2)10-6-9(14-3)4-8-5-11(13)15-12(8)10/h4,6-7H,5H2,1-3H3. The third-order valence-corrected chi connectivity index (χ3v) is 2.58. The SMILES string of the molecule is COc1cc2c(c(C(C)C)c1)OC(=O)C2. The predicted octanol–water partition coefficient (Wildman–Crippen LogP) is 2.28. The molecule has 0 fully saturated rings. The zero-order valence-electron chi connectivity index (χ0n) is 9.16. The van der Waals surface area contributed by atoms with Crippen molar-refractivity contribution in [2.75, 3.05) is 7.11 Å². The maximum atomic E-state index is 11.2. The third kappa shape index (κ3) is 1.69. The van der Waals surface area contributed by atoms with Crippen LogP contribution < -0.4 is 9.47 Å². The van der Waals surface area contributed by atoms with E-state index in [9.17, 15) is 4.79 Å². The Bertz CT molecular complexity index is 408. The number of ether oxygens (including phenoxy) is 2. The van der Waals surface area contributed by atoms with E-state index in [1.807, 2.05) is 12.1 Å². The van der Waals surface area contributed by atoms with Crippen LogP contribution in [0.3, 0.4) is 0 Å². The lowest BCUT2D eigenvalue weighted by Gasteiger charge is -2.12. The summed E-state index contributed by atoms with van der Waals surface area (Å²) in [5.74, 6) is 1.66. The first-order valence-electron chi connectivity index (χ1n) is 5.03. The number of hydrogen-bond acceptors (Lipinski definition) is 3. The number of fused-ring (bicyclic) bond motifs is 1. The maximum absolute atomic E-state index is 11.2. The molecule has 1 aliphatic rings. The van der Waals surface area contributed by atoms with Crippen molar-refractivity contribution >= 4 is 5.97 Å². The number of esters is 1. The molecule has 0 bridgehead atoms. The van der Waals surface area contributed by atoms with Gasteiger partial charge in [-0.3, -0.25) is 4.79 Å². The van der Waals surface area contributed by atoms with Gasteiger partial charge in [-0.25, -0.2) is 0 Å². The summed E-state index contributed by atoms with van der Waals surface area (Å²) < 4.78 is 10.4. The topological polar surface area (TPSA) is 35.5 Å². The van der Waals surface area contributed by atoms with Crippen molar-refractivity contribution in [3.05, 3.63) is 23.3 Å². The summed E-state index contributed by atoms with van der Waals surface area (Å²) in [6.45, 7) is 4.14. The Morgan fingerprint density at radius 1 is 1.40 bits per heavy atom. The highest BCUT2D eigenvalue weighted by Crippen LogP contribution is 2.37. The van der Waals surface area contributed by atoms with E-state index in [0.717, 1.165) is 22.6 Å². The molecular weight excluding hydrogens is 192 g/mol. The summed E-state index contributed by atoms with van der Waals surface area (Å²) in [4.78, 5) is 11.2. The Kier molecular flexibility index (Phi) is 2.39. The molecule has 0 saturated carbocycles. The molecule has 3 heteroatoms. The van der Waals surface area contributed by atoms with Gasteiger partial charge in [0.15, 0.2) is 0 Å². The van der Waals surface area contributed by atoms with Crippen LogP contribution >= 0.6 is 0 Å². The van der Waals surface area contributed by atoms with Crippen molar-refractivity contribution in [1.82, 2.24) is 0 Å². The molecule has 2 rings (SSSR count). The van der Waals surface area contributed by atoms with E-state index >= 15 is 0 Å². The van der Waals surface area contributed by atoms with E-state index in [1.165, 1.54) is 0 Å². The van der Waals surface area contributed by atoms with Crippen LogP contribution in [-0.2, 0) is 11.2 Å². The molecule has 1 aliphatic heterocycles. The van der Waals surface area contributed by atoms with Crippen LogP contribution in [0.4, 0.5) is 0 Å². The summed E-state index contributed by atoms with van der Waals surface area (Å²) >= 11 is 0. The second-order valence-corrected chi connectivity index (χ2v) is 4.01. The first kappa shape index (κ1) is 10.0. The number of benzene rings is 1. The monoisotopic (exact) mass is 206 g/mol. The average molecular weight is 206 g/mol. The van der Waals surface area contributed by atoms with Crippen LogP contribution in [0.25, 0.3) is 0 Å². The van der Waals surface area contributed by atoms with E-state index in [-0.39, 0.29) is 5.97 Å². The molecule has 0 amide bonds. The Hall–Kier alpha value is -1.51. The lowest BCUT2D eigenvalue weighted by Crippen LogP contribution is -2.01. The second kappa shape index (κ2) is 3.57. The van der Waals surface area contributed by atoms with Crippen molar-refractivity contribution in [3.8, 4) is 11.5 Å². The highest BCUT2D eigenvalue weighted by Gasteiger charge is 2.25. The lowest BCUT2D eigenvalue weighted by atomic mass is 9.98. The minimum atomic E-state index is -0.180. The van der Waals surface area contributed by atoms with Crippen molar-refractivity contribution in [2.45, 2.75) is 26.2 Å². The fraction of sp³-hybridized carbons (Fsp3) is 0.417. The quantitative estimate of drug-likeness (QED) is 0.550. The summed E-state index contributed by atoms with van der Waals surface area (Å²) in [5, 5.41) is 0. The van der Waals surface area contributed by atoms with Crippen LogP contribution in [0.1, 0.15) is 30.9 Å². The molecule has 0 saturated heterocycles. The van der Waals surface area contributed by atoms with E-state index in [1.54, 1.807) is 7.11 Å². The fourth-order valence-corrected chi connectivity index (χ4v) is 1.79. The number of hydrogen-bond donors (Lipinski definition) is 0. The minimum Gasteiger partial charge on any atom is -0.497 e. The van der Waals surface area contributed by atoms with Crippen LogP contribution in [0.5, 0.6) is 11.5 Å². The summed E-state index contributed by atoms with van der Waals surface area (Å²) in [6.07, 6.45) is 0.353. The molecule has 80 valence electrons. The van der Waals surface area contributed by atoms with E-state index in [0.29, 0.717) is 12.3 Å². The molecule has 0 aliphatic carbocycles. The molecule has 0 aromatic heterocycles. The van der Waals surface area contributed by atoms with E-state index in [4.69, 9.17) is 9.47 Å². The lowest BCUT2D eigenvalue weighted by molar-refractivity contribution is -0.131. The molecule has 3 nitrogen and oxygen atoms in total. The van der Waals surface area contributed by atoms with Gasteiger partial charge in [0.25, 0.3) is 0 Å². The molecule has 0 unspecified atom stereocenters. The van der Waals surface area contributed by atoms with Crippen LogP contribution in [0.15, 0.2) is 12.1 Å². The Labute approximate surface area is 89.0 Å². The molecule has 15 heavy (non-hydrogen) atoms. The van der Waals surface area contributed by atoms with Gasteiger partial charge in [0.1, 0.15) is 11.5 Å². The zero-order chi connectivity index (χ0) is 11.0. The number of carbonyl (C=O) groups excluding carboxylic acids is 1. The second-order valence-electron chi connectivity index (χ2n) is 4.01. The molecule has 1 heterocycles. The summed E-state index contributed by atoms with van der Waals surface area (Å²) in [7, 11) is 1.63. The van der Waals surface area contributed by atoms with Gasteiger partial charge in [-0.1, -0.05) is 13.8 Å². The normalized spacial score (nSPS) is 14.0. The molecule has 1 aromatic rings. The molecular formula is C12H14O3. The van der Waals surface area contributed by atoms with Crippen molar-refractivity contribution < 1.29 is 14.3 Å². The van der Waals surface area contributed by atoms with Crippen molar-refractivity contribution in [1.29, 1.82) is 0 Å². The van der Waals surface area contributed by atoms with Crippen molar-refractivity contribution in [3.63, 3.8) is 0 Å². The Balaban J connectivity index is 2.54. The summed E-state index contributed by atoms with van der Waals surface area (Å²) in [5.41, 5.74) is 1.97. The van der Waals surface area contributed by atoms with Gasteiger partial charge in [-0.2, -0.15) is 0 Å². The van der Waals surface area contributed by atoms with Gasteiger partial charge in [0.2, 0.25) is 0 Å². The first-order chi connectivity index (χ1) is 7.11. The van der Waals surface area contributed by atoms with Crippen LogP contribution in [0, 0.1) is 0 Å². The van der Waals surface area contributed by atoms with E-state index in [2.05, 4.69) is 13.8 Å². The largest absolute Gasteiger partial charge is 0.497 e. The Morgan fingerprint density at radius 3 is 2.73 bits per heavy atom. The molecule has 0 atom stereocenters. The average Bonchev–Trinajstić information content (AvgIpc) is 2.55. The highest BCUT2D eigenvalue weighted by atomic mass is 16.5. The zero-order valence-corrected chi connectivity index (χ0v) is 9.16. The third-order valence-electron chi connectivity index (χ3n) is 2.58. The number of carbonyl (C=O) groups is 1. The summed E-state index contributed by atoms with van der Waals surface area (Å²) in [6, 6.07) is 3.80. The smallest absolute Gasteiger partial charge is 0.315 e. The molecule has 0 spiro atoms. The van der Waals surface area contributed by atoms with Gasteiger partial charge in [0.05, 0.1) is 13.5 Å². The van der Waals surface area contributed by atoms with Crippen LogP contribution in [0.2, 0.25) is 0 Å². The van der Waals surface area contributed by atoms with Gasteiger partial charge in [0, 0.05) is 11.1 Å². The van der Waals surface area contributed by atoms with Gasteiger partial charge in [-0.15, -0.1) is 0 Å². The van der Waals surface area contributed by atoms with Crippen molar-refractivity contribution in [2.24, 2.45) is 0 Å². The number of rotatable bonds is 2. The molecule has 0 N–H and O–H groups in total. The molecule has 0 radical (unpaired) electrons. The Morgan fingerprint density at radius 2 is 2.13 bits per heavy atom. The van der Waals surface area contributed by atoms with Gasteiger partial charge >= 0.3 is 5.97 Å². The van der Waals surface area contributed by atoms with Gasteiger partial charge in [-0.05, 0) is 18.1 Å².